The van der Waals surface area contributed by atoms with Gasteiger partial charge in [0.1, 0.15) is 10.7 Å². The van der Waals surface area contributed by atoms with Gasteiger partial charge in [-0.2, -0.15) is 0 Å². The number of nitrogens with zero attached hydrogens (tertiary/aromatic N) is 1. The van der Waals surface area contributed by atoms with Crippen molar-refractivity contribution in [1.29, 1.82) is 0 Å². The number of hydrogen-bond acceptors (Lipinski definition) is 3. The van der Waals surface area contributed by atoms with Crippen molar-refractivity contribution >= 4 is 37.5 Å². The summed E-state index contributed by atoms with van der Waals surface area (Å²) in [7, 11) is 0. The molecular weight excluding hydrogens is 276 g/mol. The number of rotatable bonds is 2. The Hall–Kier alpha value is -0.680. The van der Waals surface area contributed by atoms with E-state index in [9.17, 15) is 4.79 Å². The van der Waals surface area contributed by atoms with Crippen LogP contribution in [0.4, 0.5) is 0 Å². The highest BCUT2D eigenvalue weighted by atomic mass is 79.9. The molecule has 3 nitrogen and oxygen atoms in total. The molecule has 5 heteroatoms. The van der Waals surface area contributed by atoms with Gasteiger partial charge in [0, 0.05) is 16.6 Å². The fraction of sp³-hybridized carbons (Fsp3) is 0.400. The molecule has 2 rings (SSSR count). The number of aromatic amines is 1. The van der Waals surface area contributed by atoms with Crippen molar-refractivity contribution < 1.29 is 0 Å². The fourth-order valence-electron chi connectivity index (χ4n) is 1.51. The second kappa shape index (κ2) is 4.06. The Morgan fingerprint density at radius 2 is 2.20 bits per heavy atom. The Morgan fingerprint density at radius 1 is 1.47 bits per heavy atom. The van der Waals surface area contributed by atoms with Crippen LogP contribution in [0.2, 0.25) is 0 Å². The highest BCUT2D eigenvalue weighted by Gasteiger charge is 2.11. The molecule has 0 aromatic carbocycles. The molecule has 0 bridgehead atoms. The molecule has 0 aliphatic carbocycles. The number of aromatic nitrogens is 2. The van der Waals surface area contributed by atoms with Crippen LogP contribution < -0.4 is 5.56 Å². The first kappa shape index (κ1) is 10.8. The molecule has 0 atom stereocenters. The van der Waals surface area contributed by atoms with Crippen LogP contribution in [0.3, 0.4) is 0 Å². The second-order valence-electron chi connectivity index (χ2n) is 3.42. The molecule has 0 amide bonds. The zero-order chi connectivity index (χ0) is 11.0. The Kier molecular flexibility index (Phi) is 2.93. The third-order valence-electron chi connectivity index (χ3n) is 2.42. The van der Waals surface area contributed by atoms with Crippen molar-refractivity contribution in [2.24, 2.45) is 0 Å². The third kappa shape index (κ3) is 1.86. The van der Waals surface area contributed by atoms with Gasteiger partial charge < -0.3 is 4.98 Å². The molecule has 2 aromatic heterocycles. The van der Waals surface area contributed by atoms with Crippen LogP contribution in [0.5, 0.6) is 0 Å². The van der Waals surface area contributed by atoms with Crippen LogP contribution in [0, 0.1) is 13.8 Å². The summed E-state index contributed by atoms with van der Waals surface area (Å²) >= 11 is 4.92. The summed E-state index contributed by atoms with van der Waals surface area (Å²) < 4.78 is 0. The fourth-order valence-corrected chi connectivity index (χ4v) is 2.93. The zero-order valence-corrected chi connectivity index (χ0v) is 11.0. The lowest BCUT2D eigenvalue weighted by Gasteiger charge is -1.97. The lowest BCUT2D eigenvalue weighted by molar-refractivity contribution is 0.959. The van der Waals surface area contributed by atoms with Gasteiger partial charge in [-0.1, -0.05) is 15.9 Å². The SMILES string of the molecule is Cc1sc2nc(CCBr)[nH]c(=O)c2c1C. The van der Waals surface area contributed by atoms with Crippen LogP contribution in [-0.2, 0) is 6.42 Å². The lowest BCUT2D eigenvalue weighted by atomic mass is 10.2. The molecule has 0 fully saturated rings. The summed E-state index contributed by atoms with van der Waals surface area (Å²) in [5.74, 6) is 0.755. The monoisotopic (exact) mass is 286 g/mol. The third-order valence-corrected chi connectivity index (χ3v) is 3.92. The minimum atomic E-state index is -0.0159. The van der Waals surface area contributed by atoms with Crippen molar-refractivity contribution in [3.05, 3.63) is 26.6 Å². The van der Waals surface area contributed by atoms with E-state index in [1.54, 1.807) is 11.3 Å². The van der Waals surface area contributed by atoms with Gasteiger partial charge in [0.05, 0.1) is 5.39 Å². The summed E-state index contributed by atoms with van der Waals surface area (Å²) in [6, 6.07) is 0. The number of fused-ring (bicyclic) bond motifs is 1. The molecule has 2 heterocycles. The molecule has 0 aliphatic heterocycles. The predicted octanol–water partition coefficient (Wildman–Crippen LogP) is 2.54. The molecule has 0 aliphatic rings. The van der Waals surface area contributed by atoms with Gasteiger partial charge in [0.15, 0.2) is 0 Å². The van der Waals surface area contributed by atoms with E-state index in [4.69, 9.17) is 0 Å². The van der Waals surface area contributed by atoms with Gasteiger partial charge >= 0.3 is 0 Å². The van der Waals surface area contributed by atoms with Gasteiger partial charge in [-0.25, -0.2) is 4.98 Å². The van der Waals surface area contributed by atoms with Crippen molar-refractivity contribution in [3.63, 3.8) is 0 Å². The van der Waals surface area contributed by atoms with Gasteiger partial charge in [-0.3, -0.25) is 4.79 Å². The molecule has 15 heavy (non-hydrogen) atoms. The Labute approximate surface area is 99.7 Å². The molecule has 0 unspecified atom stereocenters. The van der Waals surface area contributed by atoms with Crippen LogP contribution in [0.1, 0.15) is 16.3 Å². The van der Waals surface area contributed by atoms with E-state index in [1.807, 2.05) is 13.8 Å². The number of aryl methyl sites for hydroxylation is 3. The van der Waals surface area contributed by atoms with E-state index < -0.39 is 0 Å². The Bertz CT molecular complexity index is 558. The molecule has 0 radical (unpaired) electrons. The molecule has 1 N–H and O–H groups in total. The van der Waals surface area contributed by atoms with Gasteiger partial charge in [0.2, 0.25) is 0 Å². The number of alkyl halides is 1. The quantitative estimate of drug-likeness (QED) is 0.863. The Balaban J connectivity index is 2.73. The van der Waals surface area contributed by atoms with Crippen molar-refractivity contribution in [2.45, 2.75) is 20.3 Å². The normalized spacial score (nSPS) is 11.1. The van der Waals surface area contributed by atoms with Crippen LogP contribution in [0.25, 0.3) is 10.2 Å². The number of halogens is 1. The summed E-state index contributed by atoms with van der Waals surface area (Å²) in [4.78, 5) is 21.1. The van der Waals surface area contributed by atoms with E-state index in [0.29, 0.717) is 0 Å². The second-order valence-corrected chi connectivity index (χ2v) is 5.41. The first-order valence-corrected chi connectivity index (χ1v) is 6.62. The average molecular weight is 287 g/mol. The largest absolute Gasteiger partial charge is 0.310 e. The maximum Gasteiger partial charge on any atom is 0.259 e. The molecule has 2 aromatic rings. The number of H-pyrrole nitrogens is 1. The first-order chi connectivity index (χ1) is 7.13. The van der Waals surface area contributed by atoms with E-state index in [2.05, 4.69) is 25.9 Å². The van der Waals surface area contributed by atoms with Gasteiger partial charge in [0.25, 0.3) is 5.56 Å². The predicted molar refractivity (Wildman–Crippen MR) is 67.2 cm³/mol. The van der Waals surface area contributed by atoms with Crippen molar-refractivity contribution in [2.75, 3.05) is 5.33 Å². The van der Waals surface area contributed by atoms with Crippen molar-refractivity contribution in [1.82, 2.24) is 9.97 Å². The molecule has 0 saturated heterocycles. The lowest BCUT2D eigenvalue weighted by Crippen LogP contribution is -2.11. The standard InChI is InChI=1S/C10H11BrN2OS/c1-5-6(2)15-10-8(5)9(14)12-7(13-10)3-4-11/h3-4H2,1-2H3,(H,12,13,14). The summed E-state index contributed by atoms with van der Waals surface area (Å²) in [6.07, 6.45) is 0.751. The minimum absolute atomic E-state index is 0.0159. The highest BCUT2D eigenvalue weighted by molar-refractivity contribution is 9.09. The van der Waals surface area contributed by atoms with Gasteiger partial charge in [-0.15, -0.1) is 11.3 Å². The minimum Gasteiger partial charge on any atom is -0.310 e. The van der Waals surface area contributed by atoms with Crippen LogP contribution in [-0.4, -0.2) is 15.3 Å². The van der Waals surface area contributed by atoms with Crippen molar-refractivity contribution in [3.8, 4) is 0 Å². The smallest absolute Gasteiger partial charge is 0.259 e. The van der Waals surface area contributed by atoms with E-state index in [0.717, 1.165) is 33.4 Å². The van der Waals surface area contributed by atoms with Crippen LogP contribution in [0.15, 0.2) is 4.79 Å². The summed E-state index contributed by atoms with van der Waals surface area (Å²) in [5.41, 5.74) is 1.03. The van der Waals surface area contributed by atoms with Gasteiger partial charge in [-0.05, 0) is 19.4 Å². The highest BCUT2D eigenvalue weighted by Crippen LogP contribution is 2.25. The number of hydrogen-bond donors (Lipinski definition) is 1. The van der Waals surface area contributed by atoms with E-state index in [1.165, 1.54) is 4.88 Å². The molecular formula is C10H11BrN2OS. The maximum absolute atomic E-state index is 11.8. The number of nitrogens with one attached hydrogen (secondary N) is 1. The molecule has 80 valence electrons. The Morgan fingerprint density at radius 3 is 2.87 bits per heavy atom. The number of thiophene rings is 1. The van der Waals surface area contributed by atoms with Crippen LogP contribution >= 0.6 is 27.3 Å². The summed E-state index contributed by atoms with van der Waals surface area (Å²) in [6.45, 7) is 3.99. The zero-order valence-electron chi connectivity index (χ0n) is 8.56. The average Bonchev–Trinajstić information content (AvgIpc) is 2.43. The van der Waals surface area contributed by atoms with E-state index >= 15 is 0 Å². The summed E-state index contributed by atoms with van der Waals surface area (Å²) in [5, 5.41) is 1.56. The van der Waals surface area contributed by atoms with E-state index in [-0.39, 0.29) is 5.56 Å². The maximum atomic E-state index is 11.8. The first-order valence-electron chi connectivity index (χ1n) is 4.68. The molecule has 0 saturated carbocycles. The molecule has 0 spiro atoms. The topological polar surface area (TPSA) is 45.8 Å².